The van der Waals surface area contributed by atoms with Crippen LogP contribution in [0.3, 0.4) is 0 Å². The van der Waals surface area contributed by atoms with Gasteiger partial charge >= 0.3 is 0 Å². The van der Waals surface area contributed by atoms with Crippen molar-refractivity contribution in [1.29, 1.82) is 0 Å². The first-order chi connectivity index (χ1) is 8.27. The van der Waals surface area contributed by atoms with Gasteiger partial charge in [-0.1, -0.05) is 42.8 Å². The average Bonchev–Trinajstić information content (AvgIpc) is 2.35. The molecular weight excluding hydrogens is 210 g/mol. The number of ether oxygens (including phenoxy) is 1. The summed E-state index contributed by atoms with van der Waals surface area (Å²) in [5, 5.41) is 3.35. The van der Waals surface area contributed by atoms with Crippen LogP contribution < -0.4 is 5.32 Å². The number of hydrogen-bond donors (Lipinski definition) is 1. The summed E-state index contributed by atoms with van der Waals surface area (Å²) in [6, 6.07) is 8.56. The third kappa shape index (κ3) is 5.16. The molecular formula is C15H23NO. The first-order valence-corrected chi connectivity index (χ1v) is 6.22. The second kappa shape index (κ2) is 8.04. The maximum Gasteiger partial charge on any atom is 0.0587 e. The van der Waals surface area contributed by atoms with Crippen molar-refractivity contribution < 1.29 is 4.74 Å². The van der Waals surface area contributed by atoms with Crippen LogP contribution in [0.4, 0.5) is 0 Å². The molecule has 0 aliphatic heterocycles. The van der Waals surface area contributed by atoms with Gasteiger partial charge in [-0.15, -0.1) is 0 Å². The number of aryl methyl sites for hydroxylation is 1. The van der Waals surface area contributed by atoms with Crippen LogP contribution in [0, 0.1) is 0 Å². The molecule has 0 atom stereocenters. The summed E-state index contributed by atoms with van der Waals surface area (Å²) < 4.78 is 5.00. The number of benzene rings is 1. The van der Waals surface area contributed by atoms with Crippen molar-refractivity contribution >= 4 is 6.08 Å². The van der Waals surface area contributed by atoms with E-state index in [1.54, 1.807) is 7.11 Å². The number of methoxy groups -OCH3 is 1. The van der Waals surface area contributed by atoms with Crippen molar-refractivity contribution in [3.8, 4) is 0 Å². The normalized spacial score (nSPS) is 11.8. The molecule has 1 aromatic carbocycles. The van der Waals surface area contributed by atoms with Gasteiger partial charge in [-0.05, 0) is 24.5 Å². The van der Waals surface area contributed by atoms with E-state index < -0.39 is 0 Å². The van der Waals surface area contributed by atoms with E-state index in [2.05, 4.69) is 49.5 Å². The molecule has 94 valence electrons. The van der Waals surface area contributed by atoms with Crippen molar-refractivity contribution in [3.63, 3.8) is 0 Å². The number of nitrogens with one attached hydrogen (secondary N) is 1. The summed E-state index contributed by atoms with van der Waals surface area (Å²) >= 11 is 0. The summed E-state index contributed by atoms with van der Waals surface area (Å²) in [5.74, 6) is 0. The molecule has 0 saturated heterocycles. The van der Waals surface area contributed by atoms with Gasteiger partial charge in [0.15, 0.2) is 0 Å². The molecule has 0 aliphatic rings. The zero-order valence-corrected chi connectivity index (χ0v) is 11.1. The lowest BCUT2D eigenvalue weighted by Crippen LogP contribution is -2.20. The minimum atomic E-state index is 0.763. The minimum absolute atomic E-state index is 0.763. The van der Waals surface area contributed by atoms with Crippen LogP contribution in [0.25, 0.3) is 6.08 Å². The highest BCUT2D eigenvalue weighted by Gasteiger charge is 1.97. The molecule has 1 rings (SSSR count). The molecule has 0 amide bonds. The third-order valence-electron chi connectivity index (χ3n) is 2.72. The lowest BCUT2D eigenvalue weighted by atomic mass is 10.0. The monoisotopic (exact) mass is 233 g/mol. The molecule has 0 unspecified atom stereocenters. The summed E-state index contributed by atoms with van der Waals surface area (Å²) in [7, 11) is 1.72. The number of hydrogen-bond acceptors (Lipinski definition) is 2. The molecule has 0 radical (unpaired) electrons. The zero-order chi connectivity index (χ0) is 12.5. The Morgan fingerprint density at radius 1 is 1.35 bits per heavy atom. The van der Waals surface area contributed by atoms with Crippen LogP contribution in [-0.2, 0) is 11.2 Å². The Labute approximate surface area is 105 Å². The molecule has 17 heavy (non-hydrogen) atoms. The van der Waals surface area contributed by atoms with E-state index in [1.807, 2.05) is 0 Å². The summed E-state index contributed by atoms with van der Waals surface area (Å²) in [6.07, 6.45) is 3.34. The van der Waals surface area contributed by atoms with Gasteiger partial charge in [0.05, 0.1) is 6.61 Å². The lowest BCUT2D eigenvalue weighted by molar-refractivity contribution is 0.200. The van der Waals surface area contributed by atoms with Crippen LogP contribution in [0.5, 0.6) is 0 Å². The van der Waals surface area contributed by atoms with E-state index in [1.165, 1.54) is 16.7 Å². The molecule has 0 aromatic heterocycles. The van der Waals surface area contributed by atoms with E-state index in [0.717, 1.165) is 26.1 Å². The fourth-order valence-corrected chi connectivity index (χ4v) is 1.77. The molecule has 0 bridgehead atoms. The van der Waals surface area contributed by atoms with Gasteiger partial charge in [-0.3, -0.25) is 0 Å². The quantitative estimate of drug-likeness (QED) is 0.731. The summed E-state index contributed by atoms with van der Waals surface area (Å²) in [6.45, 7) is 6.93. The minimum Gasteiger partial charge on any atom is -0.383 e. The Kier molecular flexibility index (Phi) is 6.60. The van der Waals surface area contributed by atoms with Crippen molar-refractivity contribution in [3.05, 3.63) is 41.0 Å². The smallest absolute Gasteiger partial charge is 0.0587 e. The maximum atomic E-state index is 5.00. The van der Waals surface area contributed by atoms with Gasteiger partial charge in [0, 0.05) is 20.2 Å². The predicted molar refractivity (Wildman–Crippen MR) is 74.2 cm³/mol. The van der Waals surface area contributed by atoms with E-state index in [4.69, 9.17) is 4.74 Å². The second-order valence-corrected chi connectivity index (χ2v) is 4.21. The summed E-state index contributed by atoms with van der Waals surface area (Å²) in [4.78, 5) is 0. The SMILES string of the molecule is CCc1ccccc1C=C(C)CNCCOC. The van der Waals surface area contributed by atoms with Crippen LogP contribution in [0.15, 0.2) is 29.8 Å². The van der Waals surface area contributed by atoms with E-state index in [0.29, 0.717) is 0 Å². The molecule has 0 heterocycles. The van der Waals surface area contributed by atoms with Crippen molar-refractivity contribution in [1.82, 2.24) is 5.32 Å². The van der Waals surface area contributed by atoms with Gasteiger partial charge in [-0.2, -0.15) is 0 Å². The fourth-order valence-electron chi connectivity index (χ4n) is 1.77. The highest BCUT2D eigenvalue weighted by molar-refractivity contribution is 5.56. The van der Waals surface area contributed by atoms with E-state index >= 15 is 0 Å². The van der Waals surface area contributed by atoms with Crippen molar-refractivity contribution in [2.45, 2.75) is 20.3 Å². The van der Waals surface area contributed by atoms with Gasteiger partial charge in [0.25, 0.3) is 0 Å². The predicted octanol–water partition coefficient (Wildman–Crippen LogP) is 2.89. The fraction of sp³-hybridized carbons (Fsp3) is 0.467. The van der Waals surface area contributed by atoms with Crippen molar-refractivity contribution in [2.24, 2.45) is 0 Å². The van der Waals surface area contributed by atoms with Gasteiger partial charge in [0.2, 0.25) is 0 Å². The first kappa shape index (κ1) is 13.9. The Morgan fingerprint density at radius 3 is 2.82 bits per heavy atom. The zero-order valence-electron chi connectivity index (χ0n) is 11.1. The number of rotatable bonds is 7. The molecule has 2 heteroatoms. The highest BCUT2D eigenvalue weighted by Crippen LogP contribution is 2.13. The van der Waals surface area contributed by atoms with Crippen molar-refractivity contribution in [2.75, 3.05) is 26.8 Å². The molecule has 1 aromatic rings. The Morgan fingerprint density at radius 2 is 2.12 bits per heavy atom. The molecule has 1 N–H and O–H groups in total. The molecule has 0 aliphatic carbocycles. The lowest BCUT2D eigenvalue weighted by Gasteiger charge is -2.07. The van der Waals surface area contributed by atoms with Crippen LogP contribution in [-0.4, -0.2) is 26.8 Å². The Balaban J connectivity index is 2.54. The molecule has 0 fully saturated rings. The average molecular weight is 233 g/mol. The Bertz CT molecular complexity index is 358. The van der Waals surface area contributed by atoms with Gasteiger partial charge in [0.1, 0.15) is 0 Å². The second-order valence-electron chi connectivity index (χ2n) is 4.21. The highest BCUT2D eigenvalue weighted by atomic mass is 16.5. The Hall–Kier alpha value is -1.12. The van der Waals surface area contributed by atoms with Crippen LogP contribution in [0.1, 0.15) is 25.0 Å². The third-order valence-corrected chi connectivity index (χ3v) is 2.72. The molecule has 2 nitrogen and oxygen atoms in total. The van der Waals surface area contributed by atoms with Gasteiger partial charge < -0.3 is 10.1 Å². The van der Waals surface area contributed by atoms with E-state index in [9.17, 15) is 0 Å². The standard InChI is InChI=1S/C15H23NO/c1-4-14-7-5-6-8-15(14)11-13(2)12-16-9-10-17-3/h5-8,11,16H,4,9-10,12H2,1-3H3. The maximum absolute atomic E-state index is 5.00. The molecule has 0 spiro atoms. The topological polar surface area (TPSA) is 21.3 Å². The van der Waals surface area contributed by atoms with Crippen LogP contribution >= 0.6 is 0 Å². The summed E-state index contributed by atoms with van der Waals surface area (Å²) in [5.41, 5.74) is 4.09. The van der Waals surface area contributed by atoms with E-state index in [-0.39, 0.29) is 0 Å². The first-order valence-electron chi connectivity index (χ1n) is 6.22. The van der Waals surface area contributed by atoms with Crippen LogP contribution in [0.2, 0.25) is 0 Å². The van der Waals surface area contributed by atoms with Gasteiger partial charge in [-0.25, -0.2) is 0 Å². The molecule has 0 saturated carbocycles. The largest absolute Gasteiger partial charge is 0.383 e.